The number of hydrogen-bond donors (Lipinski definition) is 2. The van der Waals surface area contributed by atoms with Crippen LogP contribution in [0, 0.1) is 0 Å². The molecular weight excluding hydrogens is 260 g/mol. The van der Waals surface area contributed by atoms with Gasteiger partial charge in [0, 0.05) is 24.1 Å². The molecule has 1 aliphatic carbocycles. The zero-order chi connectivity index (χ0) is 14.7. The van der Waals surface area contributed by atoms with E-state index in [1.165, 1.54) is 5.56 Å². The molecule has 3 N–H and O–H groups in total. The van der Waals surface area contributed by atoms with Crippen molar-refractivity contribution < 1.29 is 4.79 Å². The van der Waals surface area contributed by atoms with Gasteiger partial charge in [0.1, 0.15) is 0 Å². The third-order valence-electron chi connectivity index (χ3n) is 3.96. The third kappa shape index (κ3) is 3.63. The number of nitrogens with one attached hydrogen (secondary N) is 1. The number of aryl methyl sites for hydroxylation is 1. The number of rotatable bonds is 5. The Balaban J connectivity index is 1.46. The summed E-state index contributed by atoms with van der Waals surface area (Å²) in [5.74, 6) is 0.614. The quantitative estimate of drug-likeness (QED) is 0.827. The first-order valence-corrected chi connectivity index (χ1v) is 7.41. The van der Waals surface area contributed by atoms with Gasteiger partial charge in [0.25, 0.3) is 0 Å². The van der Waals surface area contributed by atoms with Crippen LogP contribution in [-0.2, 0) is 11.2 Å². The minimum absolute atomic E-state index is 0.126. The van der Waals surface area contributed by atoms with Gasteiger partial charge >= 0.3 is 0 Å². The highest BCUT2D eigenvalue weighted by molar-refractivity contribution is 5.77. The third-order valence-corrected chi connectivity index (χ3v) is 3.96. The molecule has 2 atom stereocenters. The fourth-order valence-electron chi connectivity index (χ4n) is 2.71. The summed E-state index contributed by atoms with van der Waals surface area (Å²) in [7, 11) is 0. The number of carbonyl (C=O) groups excluding carboxylic acids is 1. The highest BCUT2D eigenvalue weighted by atomic mass is 16.1. The largest absolute Gasteiger partial charge is 0.399 e. The average molecular weight is 280 g/mol. The smallest absolute Gasteiger partial charge is 0.220 e. The van der Waals surface area contributed by atoms with Crippen molar-refractivity contribution in [3.63, 3.8) is 0 Å². The molecule has 1 amide bonds. The van der Waals surface area contributed by atoms with Crippen molar-refractivity contribution in [1.82, 2.24) is 5.32 Å². The van der Waals surface area contributed by atoms with E-state index in [0.717, 1.165) is 24.1 Å². The molecule has 1 aliphatic rings. The Kier molecular flexibility index (Phi) is 3.91. The number of amides is 1. The van der Waals surface area contributed by atoms with E-state index in [1.54, 1.807) is 0 Å². The number of anilines is 1. The maximum atomic E-state index is 12.0. The van der Waals surface area contributed by atoms with E-state index in [-0.39, 0.29) is 5.91 Å². The number of carbonyl (C=O) groups is 1. The van der Waals surface area contributed by atoms with Gasteiger partial charge in [-0.15, -0.1) is 0 Å². The molecule has 0 bridgehead atoms. The normalized spacial score (nSPS) is 20.0. The van der Waals surface area contributed by atoms with Crippen LogP contribution in [0.5, 0.6) is 0 Å². The zero-order valence-corrected chi connectivity index (χ0v) is 12.0. The molecule has 21 heavy (non-hydrogen) atoms. The molecule has 0 aromatic heterocycles. The molecule has 0 heterocycles. The molecule has 0 radical (unpaired) electrons. The van der Waals surface area contributed by atoms with Crippen LogP contribution >= 0.6 is 0 Å². The van der Waals surface area contributed by atoms with Crippen molar-refractivity contribution in [3.8, 4) is 0 Å². The maximum Gasteiger partial charge on any atom is 0.220 e. The zero-order valence-electron chi connectivity index (χ0n) is 12.0. The number of hydrogen-bond acceptors (Lipinski definition) is 2. The fraction of sp³-hybridized carbons (Fsp3) is 0.278. The Morgan fingerprint density at radius 2 is 1.95 bits per heavy atom. The standard InChI is InChI=1S/C18H20N2O/c19-15-8-4-5-13(11-15)9-10-18(21)20-17-12-16(17)14-6-2-1-3-7-14/h1-8,11,16-17H,9-10,12,19H2,(H,20,21). The topological polar surface area (TPSA) is 55.1 Å². The van der Waals surface area contributed by atoms with Crippen LogP contribution in [0.15, 0.2) is 54.6 Å². The molecule has 3 heteroatoms. The monoisotopic (exact) mass is 280 g/mol. The SMILES string of the molecule is Nc1cccc(CCC(=O)NC2CC2c2ccccc2)c1. The van der Waals surface area contributed by atoms with Crippen molar-refractivity contribution in [2.45, 2.75) is 31.2 Å². The van der Waals surface area contributed by atoms with Crippen LogP contribution in [-0.4, -0.2) is 11.9 Å². The van der Waals surface area contributed by atoms with Gasteiger partial charge in [-0.25, -0.2) is 0 Å². The van der Waals surface area contributed by atoms with E-state index in [4.69, 9.17) is 5.73 Å². The number of nitrogens with two attached hydrogens (primary N) is 1. The Bertz CT molecular complexity index is 624. The van der Waals surface area contributed by atoms with Gasteiger partial charge in [-0.05, 0) is 36.1 Å². The fourth-order valence-corrected chi connectivity index (χ4v) is 2.71. The second-order valence-electron chi connectivity index (χ2n) is 5.67. The summed E-state index contributed by atoms with van der Waals surface area (Å²) in [5, 5.41) is 3.12. The molecule has 1 saturated carbocycles. The molecule has 3 rings (SSSR count). The van der Waals surface area contributed by atoms with Crippen molar-refractivity contribution in [2.75, 3.05) is 5.73 Å². The van der Waals surface area contributed by atoms with Gasteiger partial charge in [-0.2, -0.15) is 0 Å². The summed E-state index contributed by atoms with van der Waals surface area (Å²) in [6, 6.07) is 18.4. The predicted octanol–water partition coefficient (Wildman–Crippen LogP) is 2.87. The van der Waals surface area contributed by atoms with Crippen LogP contribution in [0.4, 0.5) is 5.69 Å². The van der Waals surface area contributed by atoms with E-state index in [2.05, 4.69) is 17.4 Å². The van der Waals surface area contributed by atoms with E-state index in [9.17, 15) is 4.79 Å². The van der Waals surface area contributed by atoms with Crippen LogP contribution < -0.4 is 11.1 Å². The number of nitrogen functional groups attached to an aromatic ring is 1. The van der Waals surface area contributed by atoms with Gasteiger partial charge < -0.3 is 11.1 Å². The summed E-state index contributed by atoms with van der Waals surface area (Å²) in [5.41, 5.74) is 8.92. The minimum atomic E-state index is 0.126. The highest BCUT2D eigenvalue weighted by Crippen LogP contribution is 2.40. The van der Waals surface area contributed by atoms with E-state index >= 15 is 0 Å². The first-order chi connectivity index (χ1) is 10.2. The van der Waals surface area contributed by atoms with E-state index in [0.29, 0.717) is 18.4 Å². The second kappa shape index (κ2) is 6.00. The maximum absolute atomic E-state index is 12.0. The Hall–Kier alpha value is -2.29. The van der Waals surface area contributed by atoms with Crippen molar-refractivity contribution >= 4 is 11.6 Å². The van der Waals surface area contributed by atoms with Crippen LogP contribution in [0.2, 0.25) is 0 Å². The van der Waals surface area contributed by atoms with Gasteiger partial charge in [-0.3, -0.25) is 4.79 Å². The van der Waals surface area contributed by atoms with Crippen molar-refractivity contribution in [2.24, 2.45) is 0 Å². The highest BCUT2D eigenvalue weighted by Gasteiger charge is 2.39. The van der Waals surface area contributed by atoms with Crippen molar-refractivity contribution in [1.29, 1.82) is 0 Å². The Labute approximate surface area is 125 Å². The molecule has 2 unspecified atom stereocenters. The average Bonchev–Trinajstić information content (AvgIpc) is 3.25. The molecule has 2 aromatic rings. The van der Waals surface area contributed by atoms with E-state index in [1.807, 2.05) is 42.5 Å². The van der Waals surface area contributed by atoms with Gasteiger partial charge in [0.15, 0.2) is 0 Å². The number of benzene rings is 2. The van der Waals surface area contributed by atoms with E-state index < -0.39 is 0 Å². The molecule has 0 saturated heterocycles. The predicted molar refractivity (Wildman–Crippen MR) is 84.9 cm³/mol. The summed E-state index contributed by atoms with van der Waals surface area (Å²) >= 11 is 0. The van der Waals surface area contributed by atoms with Gasteiger partial charge in [0.2, 0.25) is 5.91 Å². The lowest BCUT2D eigenvalue weighted by Crippen LogP contribution is -2.26. The lowest BCUT2D eigenvalue weighted by Gasteiger charge is -2.06. The molecule has 3 nitrogen and oxygen atoms in total. The summed E-state index contributed by atoms with van der Waals surface area (Å²) in [6.07, 6.45) is 2.30. The second-order valence-corrected chi connectivity index (χ2v) is 5.67. The van der Waals surface area contributed by atoms with Crippen LogP contribution in [0.25, 0.3) is 0 Å². The summed E-state index contributed by atoms with van der Waals surface area (Å²) in [6.45, 7) is 0. The molecule has 2 aromatic carbocycles. The minimum Gasteiger partial charge on any atom is -0.399 e. The lowest BCUT2D eigenvalue weighted by atomic mass is 10.1. The molecule has 0 spiro atoms. The summed E-state index contributed by atoms with van der Waals surface area (Å²) in [4.78, 5) is 12.0. The molecule has 108 valence electrons. The Morgan fingerprint density at radius 3 is 2.71 bits per heavy atom. The lowest BCUT2D eigenvalue weighted by molar-refractivity contribution is -0.121. The van der Waals surface area contributed by atoms with Gasteiger partial charge in [0.05, 0.1) is 0 Å². The van der Waals surface area contributed by atoms with Crippen LogP contribution in [0.3, 0.4) is 0 Å². The van der Waals surface area contributed by atoms with Crippen LogP contribution in [0.1, 0.15) is 29.9 Å². The summed E-state index contributed by atoms with van der Waals surface area (Å²) < 4.78 is 0. The van der Waals surface area contributed by atoms with Gasteiger partial charge in [-0.1, -0.05) is 42.5 Å². The first-order valence-electron chi connectivity index (χ1n) is 7.41. The first kappa shape index (κ1) is 13.7. The molecule has 1 fully saturated rings. The molecule has 0 aliphatic heterocycles. The van der Waals surface area contributed by atoms with Crippen molar-refractivity contribution in [3.05, 3.63) is 65.7 Å². The molecular formula is C18H20N2O. The Morgan fingerprint density at radius 1 is 1.14 bits per heavy atom.